The van der Waals surface area contributed by atoms with Gasteiger partial charge in [0.25, 0.3) is 0 Å². The molecule has 0 bridgehead atoms. The lowest BCUT2D eigenvalue weighted by molar-refractivity contribution is -0.127. The maximum absolute atomic E-state index is 12.3. The molecule has 1 heterocycles. The van der Waals surface area contributed by atoms with E-state index in [2.05, 4.69) is 16.3 Å². The second-order valence-electron chi connectivity index (χ2n) is 5.86. The summed E-state index contributed by atoms with van der Waals surface area (Å²) in [7, 11) is 1.71. The molecule has 1 amide bonds. The van der Waals surface area contributed by atoms with Crippen LogP contribution in [0, 0.1) is 11.3 Å². The van der Waals surface area contributed by atoms with E-state index in [1.165, 1.54) is 11.8 Å². The van der Waals surface area contributed by atoms with Crippen LogP contribution in [0.4, 0.5) is 0 Å². The molecule has 3 aromatic rings. The first-order chi connectivity index (χ1) is 13.2. The lowest BCUT2D eigenvalue weighted by atomic mass is 10.2. The molecule has 0 atom stereocenters. The third kappa shape index (κ3) is 4.54. The summed E-state index contributed by atoms with van der Waals surface area (Å²) in [5, 5.41) is 18.0. The van der Waals surface area contributed by atoms with Crippen LogP contribution in [-0.4, -0.2) is 44.9 Å². The fourth-order valence-corrected chi connectivity index (χ4v) is 3.42. The normalized spacial score (nSPS) is 10.4. The van der Waals surface area contributed by atoms with Crippen molar-refractivity contribution in [2.45, 2.75) is 11.6 Å². The van der Waals surface area contributed by atoms with Crippen molar-refractivity contribution < 1.29 is 4.79 Å². The smallest absolute Gasteiger partial charge is 0.232 e. The SMILES string of the molecule is CN(CCC#N)C(=O)CSc1nnc(-c2ccccc2)n1-c1ccccc1. The number of rotatable bonds is 7. The number of benzene rings is 2. The van der Waals surface area contributed by atoms with E-state index in [0.717, 1.165) is 17.1 Å². The quantitative estimate of drug-likeness (QED) is 0.590. The van der Waals surface area contributed by atoms with Crippen LogP contribution in [0.2, 0.25) is 0 Å². The minimum absolute atomic E-state index is 0.0425. The largest absolute Gasteiger partial charge is 0.344 e. The number of hydrogen-bond acceptors (Lipinski definition) is 5. The van der Waals surface area contributed by atoms with Crippen LogP contribution >= 0.6 is 11.8 Å². The van der Waals surface area contributed by atoms with Gasteiger partial charge in [-0.25, -0.2) is 0 Å². The van der Waals surface area contributed by atoms with Crippen molar-refractivity contribution in [1.82, 2.24) is 19.7 Å². The highest BCUT2D eigenvalue weighted by molar-refractivity contribution is 7.99. The van der Waals surface area contributed by atoms with Gasteiger partial charge < -0.3 is 4.90 Å². The van der Waals surface area contributed by atoms with Gasteiger partial charge in [-0.1, -0.05) is 60.3 Å². The molecule has 0 saturated carbocycles. The van der Waals surface area contributed by atoms with E-state index in [9.17, 15) is 4.79 Å². The van der Waals surface area contributed by atoms with Gasteiger partial charge in [0.1, 0.15) is 0 Å². The number of para-hydroxylation sites is 1. The number of nitriles is 1. The number of nitrogens with zero attached hydrogens (tertiary/aromatic N) is 5. The Morgan fingerprint density at radius 1 is 1.11 bits per heavy atom. The second-order valence-corrected chi connectivity index (χ2v) is 6.80. The van der Waals surface area contributed by atoms with Crippen molar-refractivity contribution in [1.29, 1.82) is 5.26 Å². The molecular weight excluding hydrogens is 358 g/mol. The van der Waals surface area contributed by atoms with Crippen LogP contribution in [0.5, 0.6) is 0 Å². The summed E-state index contributed by atoms with van der Waals surface area (Å²) < 4.78 is 1.96. The van der Waals surface area contributed by atoms with Gasteiger partial charge in [-0.3, -0.25) is 9.36 Å². The van der Waals surface area contributed by atoms with Gasteiger partial charge in [0.2, 0.25) is 5.91 Å². The number of aromatic nitrogens is 3. The summed E-state index contributed by atoms with van der Waals surface area (Å²) in [5.41, 5.74) is 1.90. The first kappa shape index (κ1) is 18.7. The lowest BCUT2D eigenvalue weighted by Gasteiger charge is -2.15. The molecule has 0 radical (unpaired) electrons. The Morgan fingerprint density at radius 2 is 1.78 bits per heavy atom. The van der Waals surface area contributed by atoms with E-state index in [4.69, 9.17) is 5.26 Å². The molecule has 2 aromatic carbocycles. The molecule has 1 aromatic heterocycles. The van der Waals surface area contributed by atoms with Crippen molar-refractivity contribution in [3.8, 4) is 23.1 Å². The van der Waals surface area contributed by atoms with Crippen LogP contribution in [0.25, 0.3) is 17.1 Å². The summed E-state index contributed by atoms with van der Waals surface area (Å²) in [6.45, 7) is 0.427. The summed E-state index contributed by atoms with van der Waals surface area (Å²) >= 11 is 1.34. The second kappa shape index (κ2) is 9.01. The molecule has 7 heteroatoms. The third-order valence-corrected chi connectivity index (χ3v) is 4.90. The zero-order valence-corrected chi connectivity index (χ0v) is 15.8. The topological polar surface area (TPSA) is 74.8 Å². The maximum atomic E-state index is 12.3. The Labute approximate surface area is 162 Å². The van der Waals surface area contributed by atoms with Crippen molar-refractivity contribution in [3.05, 3.63) is 60.7 Å². The standard InChI is InChI=1S/C20H19N5OS/c1-24(14-8-13-21)18(26)15-27-20-23-22-19(16-9-4-2-5-10-16)25(20)17-11-6-3-7-12-17/h2-7,9-12H,8,14-15H2,1H3. The maximum Gasteiger partial charge on any atom is 0.232 e. The van der Waals surface area contributed by atoms with Gasteiger partial charge in [-0.15, -0.1) is 10.2 Å². The molecule has 0 fully saturated rings. The van der Waals surface area contributed by atoms with Crippen LogP contribution < -0.4 is 0 Å². The fraction of sp³-hybridized carbons (Fsp3) is 0.200. The van der Waals surface area contributed by atoms with E-state index in [0.29, 0.717) is 18.1 Å². The highest BCUT2D eigenvalue weighted by Crippen LogP contribution is 2.27. The number of carbonyl (C=O) groups is 1. The van der Waals surface area contributed by atoms with Crippen molar-refractivity contribution in [2.75, 3.05) is 19.3 Å². The van der Waals surface area contributed by atoms with Gasteiger partial charge in [-0.05, 0) is 12.1 Å². The molecule has 0 spiro atoms. The molecule has 3 rings (SSSR count). The first-order valence-corrected chi connectivity index (χ1v) is 9.49. The minimum Gasteiger partial charge on any atom is -0.344 e. The molecule has 0 aliphatic rings. The molecule has 0 unspecified atom stereocenters. The minimum atomic E-state index is -0.0425. The lowest BCUT2D eigenvalue weighted by Crippen LogP contribution is -2.29. The highest BCUT2D eigenvalue weighted by Gasteiger charge is 2.18. The average Bonchev–Trinajstić information content (AvgIpc) is 3.15. The zero-order valence-electron chi connectivity index (χ0n) is 14.9. The number of amides is 1. The predicted octanol–water partition coefficient (Wildman–Crippen LogP) is 3.40. The number of thioether (sulfide) groups is 1. The van der Waals surface area contributed by atoms with E-state index in [1.807, 2.05) is 65.2 Å². The Balaban J connectivity index is 1.87. The molecule has 27 heavy (non-hydrogen) atoms. The van der Waals surface area contributed by atoms with Crippen molar-refractivity contribution >= 4 is 17.7 Å². The van der Waals surface area contributed by atoms with Gasteiger partial charge in [-0.2, -0.15) is 5.26 Å². The predicted molar refractivity (Wildman–Crippen MR) is 105 cm³/mol. The Kier molecular flexibility index (Phi) is 6.23. The van der Waals surface area contributed by atoms with E-state index in [-0.39, 0.29) is 11.7 Å². The number of hydrogen-bond donors (Lipinski definition) is 0. The Hall–Kier alpha value is -3.11. The molecule has 0 saturated heterocycles. The van der Waals surface area contributed by atoms with Gasteiger partial charge in [0.15, 0.2) is 11.0 Å². The Morgan fingerprint density at radius 3 is 2.44 bits per heavy atom. The first-order valence-electron chi connectivity index (χ1n) is 8.50. The number of carbonyl (C=O) groups excluding carboxylic acids is 1. The molecular formula is C20H19N5OS. The fourth-order valence-electron chi connectivity index (χ4n) is 2.53. The van der Waals surface area contributed by atoms with Gasteiger partial charge >= 0.3 is 0 Å². The monoisotopic (exact) mass is 377 g/mol. The van der Waals surface area contributed by atoms with Gasteiger partial charge in [0.05, 0.1) is 18.2 Å². The molecule has 136 valence electrons. The summed E-state index contributed by atoms with van der Waals surface area (Å²) in [4.78, 5) is 13.9. The van der Waals surface area contributed by atoms with E-state index in [1.54, 1.807) is 11.9 Å². The molecule has 0 aliphatic heterocycles. The summed E-state index contributed by atoms with van der Waals surface area (Å²) in [6.07, 6.45) is 0.325. The van der Waals surface area contributed by atoms with E-state index < -0.39 is 0 Å². The molecule has 0 aliphatic carbocycles. The van der Waals surface area contributed by atoms with Crippen LogP contribution in [0.1, 0.15) is 6.42 Å². The Bertz CT molecular complexity index is 934. The van der Waals surface area contributed by atoms with Crippen molar-refractivity contribution in [3.63, 3.8) is 0 Å². The van der Waals surface area contributed by atoms with Gasteiger partial charge in [0, 0.05) is 24.8 Å². The molecule has 0 N–H and O–H groups in total. The summed E-state index contributed by atoms with van der Waals surface area (Å²) in [5.74, 6) is 0.926. The third-order valence-electron chi connectivity index (χ3n) is 3.99. The molecule has 6 nitrogen and oxygen atoms in total. The van der Waals surface area contributed by atoms with Crippen LogP contribution in [0.3, 0.4) is 0 Å². The van der Waals surface area contributed by atoms with Crippen LogP contribution in [0.15, 0.2) is 65.8 Å². The average molecular weight is 377 g/mol. The van der Waals surface area contributed by atoms with E-state index >= 15 is 0 Å². The highest BCUT2D eigenvalue weighted by atomic mass is 32.2. The van der Waals surface area contributed by atoms with Crippen molar-refractivity contribution in [2.24, 2.45) is 0 Å². The van der Waals surface area contributed by atoms with Crippen LogP contribution in [-0.2, 0) is 4.79 Å². The summed E-state index contributed by atoms with van der Waals surface area (Å²) in [6, 6.07) is 21.7. The zero-order chi connectivity index (χ0) is 19.1.